The molecule has 0 spiro atoms. The lowest BCUT2D eigenvalue weighted by atomic mass is 10.0. The zero-order valence-electron chi connectivity index (χ0n) is 12.9. The van der Waals surface area contributed by atoms with Crippen LogP contribution in [0.15, 0.2) is 42.6 Å². The number of ketones is 1. The summed E-state index contributed by atoms with van der Waals surface area (Å²) in [5, 5.41) is 3.25. The van der Waals surface area contributed by atoms with Crippen molar-refractivity contribution in [1.29, 1.82) is 0 Å². The summed E-state index contributed by atoms with van der Waals surface area (Å²) in [4.78, 5) is 16.8. The maximum absolute atomic E-state index is 12.6. The molecule has 0 aliphatic heterocycles. The van der Waals surface area contributed by atoms with E-state index in [2.05, 4.69) is 10.3 Å². The molecule has 116 valence electrons. The van der Waals surface area contributed by atoms with Gasteiger partial charge in [0.05, 0.1) is 24.5 Å². The van der Waals surface area contributed by atoms with Crippen LogP contribution < -0.4 is 15.8 Å². The second-order valence-corrected chi connectivity index (χ2v) is 4.98. The van der Waals surface area contributed by atoms with Crippen molar-refractivity contribution in [2.75, 3.05) is 12.8 Å². The fourth-order valence-corrected chi connectivity index (χ4v) is 2.24. The van der Waals surface area contributed by atoms with E-state index in [1.54, 1.807) is 31.5 Å². The van der Waals surface area contributed by atoms with E-state index in [1.165, 1.54) is 0 Å². The van der Waals surface area contributed by atoms with Crippen LogP contribution in [0.2, 0.25) is 0 Å². The average Bonchev–Trinajstić information content (AvgIpc) is 2.56. The molecule has 0 aliphatic rings. The molecule has 0 saturated heterocycles. The fraction of sp³-hybridized carbons (Fsp3) is 0.294. The predicted octanol–water partition coefficient (Wildman–Crippen LogP) is 2.42. The number of nitrogens with one attached hydrogen (secondary N) is 1. The average molecular weight is 299 g/mol. The highest BCUT2D eigenvalue weighted by Crippen LogP contribution is 2.22. The minimum Gasteiger partial charge on any atom is -0.495 e. The van der Waals surface area contributed by atoms with E-state index in [0.717, 1.165) is 5.69 Å². The third-order valence-electron chi connectivity index (χ3n) is 3.49. The number of pyridine rings is 1. The maximum atomic E-state index is 12.6. The molecular weight excluding hydrogens is 278 g/mol. The Bertz CT molecular complexity index is 629. The fourth-order valence-electron chi connectivity index (χ4n) is 2.24. The Hall–Kier alpha value is -2.40. The Labute approximate surface area is 130 Å². The number of carbonyl (C=O) groups excluding carboxylic acids is 1. The standard InChI is InChI=1S/C17H21N3O2/c1-3-15(20-11-13-6-4-5-9-19-13)17(21)12-7-8-16(22-2)14(18)10-12/h4-10,15,20H,3,11,18H2,1-2H3. The molecule has 1 aromatic carbocycles. The van der Waals surface area contributed by atoms with Gasteiger partial charge in [-0.2, -0.15) is 0 Å². The van der Waals surface area contributed by atoms with Gasteiger partial charge in [-0.25, -0.2) is 0 Å². The van der Waals surface area contributed by atoms with Gasteiger partial charge in [0.15, 0.2) is 5.78 Å². The molecule has 22 heavy (non-hydrogen) atoms. The predicted molar refractivity (Wildman–Crippen MR) is 86.9 cm³/mol. The third kappa shape index (κ3) is 3.83. The number of nitrogen functional groups attached to an aromatic ring is 1. The van der Waals surface area contributed by atoms with Crippen LogP contribution in [0.25, 0.3) is 0 Å². The van der Waals surface area contributed by atoms with Gasteiger partial charge in [0.25, 0.3) is 0 Å². The number of hydrogen-bond donors (Lipinski definition) is 2. The number of methoxy groups -OCH3 is 1. The molecular formula is C17H21N3O2. The van der Waals surface area contributed by atoms with Gasteiger partial charge >= 0.3 is 0 Å². The van der Waals surface area contributed by atoms with Crippen LogP contribution in [0.5, 0.6) is 5.75 Å². The van der Waals surface area contributed by atoms with Crippen LogP contribution in [0, 0.1) is 0 Å². The number of hydrogen-bond acceptors (Lipinski definition) is 5. The monoisotopic (exact) mass is 299 g/mol. The second kappa shape index (κ2) is 7.56. The molecule has 0 fully saturated rings. The number of aromatic nitrogens is 1. The van der Waals surface area contributed by atoms with Gasteiger partial charge in [-0.1, -0.05) is 13.0 Å². The van der Waals surface area contributed by atoms with Crippen molar-refractivity contribution >= 4 is 11.5 Å². The molecule has 3 N–H and O–H groups in total. The van der Waals surface area contributed by atoms with E-state index >= 15 is 0 Å². The lowest BCUT2D eigenvalue weighted by molar-refractivity contribution is 0.0939. The molecule has 0 radical (unpaired) electrons. The molecule has 2 aromatic rings. The Morgan fingerprint density at radius 2 is 2.18 bits per heavy atom. The first-order chi connectivity index (χ1) is 10.7. The summed E-state index contributed by atoms with van der Waals surface area (Å²) < 4.78 is 5.11. The summed E-state index contributed by atoms with van der Waals surface area (Å²) in [5.41, 5.74) is 7.82. The molecule has 1 heterocycles. The normalized spacial score (nSPS) is 11.9. The maximum Gasteiger partial charge on any atom is 0.179 e. The molecule has 0 bridgehead atoms. The number of Topliss-reactive ketones (excluding diaryl/α,β-unsaturated/α-hetero) is 1. The Balaban J connectivity index is 2.06. The highest BCUT2D eigenvalue weighted by Gasteiger charge is 2.18. The van der Waals surface area contributed by atoms with Gasteiger partial charge in [0, 0.05) is 18.3 Å². The van der Waals surface area contributed by atoms with Gasteiger partial charge in [-0.15, -0.1) is 0 Å². The van der Waals surface area contributed by atoms with Crippen LogP contribution in [-0.4, -0.2) is 23.9 Å². The van der Waals surface area contributed by atoms with Gasteiger partial charge in [0.2, 0.25) is 0 Å². The lowest BCUT2D eigenvalue weighted by Crippen LogP contribution is -2.36. The van der Waals surface area contributed by atoms with E-state index in [0.29, 0.717) is 30.0 Å². The van der Waals surface area contributed by atoms with Crippen molar-refractivity contribution in [2.24, 2.45) is 0 Å². The van der Waals surface area contributed by atoms with E-state index in [-0.39, 0.29) is 11.8 Å². The van der Waals surface area contributed by atoms with Crippen molar-refractivity contribution in [3.63, 3.8) is 0 Å². The molecule has 5 heteroatoms. The Morgan fingerprint density at radius 1 is 1.36 bits per heavy atom. The minimum absolute atomic E-state index is 0.0211. The van der Waals surface area contributed by atoms with Crippen LogP contribution in [0.3, 0.4) is 0 Å². The van der Waals surface area contributed by atoms with E-state index < -0.39 is 0 Å². The summed E-state index contributed by atoms with van der Waals surface area (Å²) in [6.07, 6.45) is 2.43. The SMILES string of the molecule is CCC(NCc1ccccn1)C(=O)c1ccc(OC)c(N)c1. The number of nitrogens with two attached hydrogens (primary N) is 1. The van der Waals surface area contributed by atoms with Crippen molar-refractivity contribution in [3.05, 3.63) is 53.9 Å². The lowest BCUT2D eigenvalue weighted by Gasteiger charge is -2.16. The molecule has 2 rings (SSSR count). The Kier molecular flexibility index (Phi) is 5.49. The first-order valence-electron chi connectivity index (χ1n) is 7.26. The molecule has 5 nitrogen and oxygen atoms in total. The van der Waals surface area contributed by atoms with E-state index in [1.807, 2.05) is 25.1 Å². The zero-order chi connectivity index (χ0) is 15.9. The van der Waals surface area contributed by atoms with Gasteiger partial charge in [-0.05, 0) is 36.8 Å². The summed E-state index contributed by atoms with van der Waals surface area (Å²) in [6.45, 7) is 2.53. The summed E-state index contributed by atoms with van der Waals surface area (Å²) in [5.74, 6) is 0.596. The minimum atomic E-state index is -0.269. The first-order valence-corrected chi connectivity index (χ1v) is 7.26. The van der Waals surface area contributed by atoms with Gasteiger partial charge < -0.3 is 15.8 Å². The van der Waals surface area contributed by atoms with Crippen LogP contribution in [0.1, 0.15) is 29.4 Å². The van der Waals surface area contributed by atoms with Crippen molar-refractivity contribution in [3.8, 4) is 5.75 Å². The second-order valence-electron chi connectivity index (χ2n) is 4.98. The van der Waals surface area contributed by atoms with Crippen molar-refractivity contribution < 1.29 is 9.53 Å². The quantitative estimate of drug-likeness (QED) is 0.606. The number of carbonyl (C=O) groups is 1. The molecule has 1 unspecified atom stereocenters. The van der Waals surface area contributed by atoms with Crippen LogP contribution >= 0.6 is 0 Å². The van der Waals surface area contributed by atoms with Crippen LogP contribution in [0.4, 0.5) is 5.69 Å². The van der Waals surface area contributed by atoms with Gasteiger partial charge in [-0.3, -0.25) is 9.78 Å². The smallest absolute Gasteiger partial charge is 0.179 e. The van der Waals surface area contributed by atoms with Crippen molar-refractivity contribution in [2.45, 2.75) is 25.9 Å². The highest BCUT2D eigenvalue weighted by atomic mass is 16.5. The molecule has 1 aromatic heterocycles. The highest BCUT2D eigenvalue weighted by molar-refractivity contribution is 6.01. The number of anilines is 1. The zero-order valence-corrected chi connectivity index (χ0v) is 12.9. The Morgan fingerprint density at radius 3 is 2.77 bits per heavy atom. The van der Waals surface area contributed by atoms with Crippen molar-refractivity contribution in [1.82, 2.24) is 10.3 Å². The van der Waals surface area contributed by atoms with E-state index in [4.69, 9.17) is 10.5 Å². The number of nitrogens with zero attached hydrogens (tertiary/aromatic N) is 1. The number of benzene rings is 1. The van der Waals surface area contributed by atoms with Gasteiger partial charge in [0.1, 0.15) is 5.75 Å². The summed E-state index contributed by atoms with van der Waals surface area (Å²) in [6, 6.07) is 10.6. The topological polar surface area (TPSA) is 77.2 Å². The number of ether oxygens (including phenoxy) is 1. The van der Waals surface area contributed by atoms with Crippen LogP contribution in [-0.2, 0) is 6.54 Å². The summed E-state index contributed by atoms with van der Waals surface area (Å²) in [7, 11) is 1.55. The summed E-state index contributed by atoms with van der Waals surface area (Å²) >= 11 is 0. The first kappa shape index (κ1) is 16.0. The number of rotatable bonds is 7. The molecule has 0 saturated carbocycles. The molecule has 1 atom stereocenters. The molecule has 0 aliphatic carbocycles. The third-order valence-corrected chi connectivity index (χ3v) is 3.49. The van der Waals surface area contributed by atoms with E-state index in [9.17, 15) is 4.79 Å². The molecule has 0 amide bonds. The largest absolute Gasteiger partial charge is 0.495 e.